The van der Waals surface area contributed by atoms with Crippen molar-refractivity contribution in [3.63, 3.8) is 0 Å². The molecule has 2 aromatic carbocycles. The van der Waals surface area contributed by atoms with Gasteiger partial charge in [-0.1, -0.05) is 24.8 Å². The first-order chi connectivity index (χ1) is 13.7. The smallest absolute Gasteiger partial charge is 0.233 e. The van der Waals surface area contributed by atoms with Gasteiger partial charge in [-0.25, -0.2) is 21.6 Å². The maximum absolute atomic E-state index is 14.7. The van der Waals surface area contributed by atoms with Crippen LogP contribution in [0.15, 0.2) is 49.6 Å². The second kappa shape index (κ2) is 10.1. The maximum Gasteiger partial charge on any atom is 0.233 e. The summed E-state index contributed by atoms with van der Waals surface area (Å²) >= 11 is 1.92. The fourth-order valence-corrected chi connectivity index (χ4v) is 4.06. The van der Waals surface area contributed by atoms with Crippen LogP contribution in [0.5, 0.6) is 5.75 Å². The van der Waals surface area contributed by atoms with Crippen LogP contribution in [0.3, 0.4) is 0 Å². The Morgan fingerprint density at radius 2 is 1.83 bits per heavy atom. The van der Waals surface area contributed by atoms with Gasteiger partial charge < -0.3 is 4.74 Å². The number of hydrogen-bond donors (Lipinski definition) is 1. The predicted molar refractivity (Wildman–Crippen MR) is 116 cm³/mol. The Labute approximate surface area is 181 Å². The minimum absolute atomic E-state index is 0.0657. The van der Waals surface area contributed by atoms with E-state index in [1.807, 2.05) is 22.6 Å². The molecule has 0 amide bonds. The summed E-state index contributed by atoms with van der Waals surface area (Å²) in [5.41, 5.74) is -0.546. The lowest BCUT2D eigenvalue weighted by molar-refractivity contribution is 0.359. The monoisotopic (exact) mass is 537 g/mol. The number of sulfonamides is 1. The van der Waals surface area contributed by atoms with Crippen molar-refractivity contribution in [2.75, 3.05) is 17.1 Å². The number of rotatable bonds is 10. The van der Waals surface area contributed by atoms with Crippen molar-refractivity contribution in [1.29, 1.82) is 0 Å². The van der Waals surface area contributed by atoms with Crippen molar-refractivity contribution in [3.05, 3.63) is 81.7 Å². The highest BCUT2D eigenvalue weighted by Crippen LogP contribution is 2.35. The number of ether oxygens (including phenoxy) is 1. The van der Waals surface area contributed by atoms with Crippen molar-refractivity contribution in [2.45, 2.75) is 12.8 Å². The average molecular weight is 537 g/mol. The Bertz CT molecular complexity index is 1030. The minimum atomic E-state index is -3.92. The summed E-state index contributed by atoms with van der Waals surface area (Å²) in [5.74, 6) is -3.66. The van der Waals surface area contributed by atoms with E-state index in [4.69, 9.17) is 4.74 Å². The summed E-state index contributed by atoms with van der Waals surface area (Å²) in [6, 6.07) is 5.04. The third-order valence-electron chi connectivity index (χ3n) is 3.87. The highest BCUT2D eigenvalue weighted by atomic mass is 127. The van der Waals surface area contributed by atoms with Gasteiger partial charge in [0.15, 0.2) is 11.6 Å². The van der Waals surface area contributed by atoms with Gasteiger partial charge in [0.25, 0.3) is 0 Å². The van der Waals surface area contributed by atoms with Gasteiger partial charge in [-0.3, -0.25) is 4.72 Å². The summed E-state index contributed by atoms with van der Waals surface area (Å²) in [7, 11) is -3.92. The molecule has 0 aromatic heterocycles. The number of nitrogens with one attached hydrogen (secondary N) is 1. The lowest BCUT2D eigenvalue weighted by Gasteiger charge is -2.18. The van der Waals surface area contributed by atoms with Crippen LogP contribution in [0.25, 0.3) is 0 Å². The molecule has 0 heterocycles. The first-order valence-corrected chi connectivity index (χ1v) is 11.2. The molecule has 0 aliphatic carbocycles. The Morgan fingerprint density at radius 3 is 2.45 bits per heavy atom. The molecule has 0 fully saturated rings. The fraction of sp³-hybridized carbons (Fsp3) is 0.200. The molecule has 0 bridgehead atoms. The molecule has 0 atom stereocenters. The van der Waals surface area contributed by atoms with Gasteiger partial charge in [0.05, 0.1) is 11.4 Å². The molecule has 1 N–H and O–H groups in total. The van der Waals surface area contributed by atoms with Crippen molar-refractivity contribution in [2.24, 2.45) is 0 Å². The summed E-state index contributed by atoms with van der Waals surface area (Å²) in [5, 5.41) is 0. The normalized spacial score (nSPS) is 11.2. The minimum Gasteiger partial charge on any atom is -0.487 e. The van der Waals surface area contributed by atoms with Gasteiger partial charge in [0.1, 0.15) is 18.2 Å². The molecular formula is C20H19F3INO3S. The highest BCUT2D eigenvalue weighted by molar-refractivity contribution is 14.1. The second-order valence-corrected chi connectivity index (χ2v) is 9.12. The van der Waals surface area contributed by atoms with Crippen LogP contribution in [0, 0.1) is 21.0 Å². The van der Waals surface area contributed by atoms with Crippen LogP contribution in [0.4, 0.5) is 18.9 Å². The molecular weight excluding hydrogens is 518 g/mol. The molecule has 2 rings (SSSR count). The highest BCUT2D eigenvalue weighted by Gasteiger charge is 2.24. The van der Waals surface area contributed by atoms with E-state index >= 15 is 0 Å². The third kappa shape index (κ3) is 6.23. The van der Waals surface area contributed by atoms with E-state index in [1.165, 1.54) is 24.3 Å². The zero-order valence-electron chi connectivity index (χ0n) is 15.4. The Kier molecular flexibility index (Phi) is 8.14. The number of anilines is 1. The van der Waals surface area contributed by atoms with E-state index in [0.717, 1.165) is 6.07 Å². The number of hydrogen-bond acceptors (Lipinski definition) is 3. The quantitative estimate of drug-likeness (QED) is 0.336. The van der Waals surface area contributed by atoms with Gasteiger partial charge in [0.2, 0.25) is 10.0 Å². The SMILES string of the molecule is C=CCCS(=O)(=O)Nc1c(OCC=C)cc(F)c(F)c1Cc1ccc(I)cc1F. The van der Waals surface area contributed by atoms with Crippen molar-refractivity contribution in [3.8, 4) is 5.75 Å². The molecule has 156 valence electrons. The Morgan fingerprint density at radius 1 is 1.10 bits per heavy atom. The largest absolute Gasteiger partial charge is 0.487 e. The first kappa shape index (κ1) is 23.3. The number of halogens is 4. The van der Waals surface area contributed by atoms with Crippen LogP contribution in [0.1, 0.15) is 17.5 Å². The Hall–Kier alpha value is -2.01. The molecule has 4 nitrogen and oxygen atoms in total. The van der Waals surface area contributed by atoms with Gasteiger partial charge in [0, 0.05) is 21.6 Å². The van der Waals surface area contributed by atoms with Crippen LogP contribution >= 0.6 is 22.6 Å². The number of allylic oxidation sites excluding steroid dienone is 1. The topological polar surface area (TPSA) is 55.4 Å². The average Bonchev–Trinajstić information content (AvgIpc) is 2.66. The van der Waals surface area contributed by atoms with E-state index in [0.29, 0.717) is 3.57 Å². The molecule has 2 aromatic rings. The van der Waals surface area contributed by atoms with E-state index < -0.39 is 27.5 Å². The molecule has 29 heavy (non-hydrogen) atoms. The standard InChI is InChI=1S/C20H19F3INO3S/c1-3-5-9-29(26,27)25-20-15(10-13-6-7-14(24)11-16(13)21)19(23)17(22)12-18(20)28-8-4-2/h3-4,6-7,11-12,25H,1-2,5,8-10H2. The first-order valence-electron chi connectivity index (χ1n) is 8.48. The Balaban J connectivity index is 2.60. The van der Waals surface area contributed by atoms with Crippen LogP contribution in [0.2, 0.25) is 0 Å². The molecule has 0 saturated carbocycles. The van der Waals surface area contributed by atoms with E-state index in [9.17, 15) is 21.6 Å². The summed E-state index contributed by atoms with van der Waals surface area (Å²) in [4.78, 5) is 0. The zero-order chi connectivity index (χ0) is 21.6. The predicted octanol–water partition coefficient (Wildman–Crippen LogP) is 5.18. The van der Waals surface area contributed by atoms with E-state index in [-0.39, 0.29) is 47.8 Å². The van der Waals surface area contributed by atoms with Crippen molar-refractivity contribution in [1.82, 2.24) is 0 Å². The maximum atomic E-state index is 14.7. The fourth-order valence-electron chi connectivity index (χ4n) is 2.49. The van der Waals surface area contributed by atoms with Crippen molar-refractivity contribution >= 4 is 38.3 Å². The van der Waals surface area contributed by atoms with Crippen LogP contribution < -0.4 is 9.46 Å². The molecule has 0 aliphatic heterocycles. The van der Waals surface area contributed by atoms with Gasteiger partial charge in [-0.2, -0.15) is 0 Å². The van der Waals surface area contributed by atoms with E-state index in [1.54, 1.807) is 6.07 Å². The summed E-state index contributed by atoms with van der Waals surface area (Å²) < 4.78 is 76.1. The molecule has 0 radical (unpaired) electrons. The van der Waals surface area contributed by atoms with Gasteiger partial charge in [-0.15, -0.1) is 6.58 Å². The van der Waals surface area contributed by atoms with Crippen molar-refractivity contribution < 1.29 is 26.3 Å². The van der Waals surface area contributed by atoms with Gasteiger partial charge in [-0.05, 0) is 46.7 Å². The molecule has 9 heteroatoms. The molecule has 0 spiro atoms. The summed E-state index contributed by atoms with van der Waals surface area (Å²) in [6.07, 6.45) is 2.57. The number of benzene rings is 2. The van der Waals surface area contributed by atoms with Crippen LogP contribution in [-0.2, 0) is 16.4 Å². The third-order valence-corrected chi connectivity index (χ3v) is 5.83. The zero-order valence-corrected chi connectivity index (χ0v) is 18.3. The lowest BCUT2D eigenvalue weighted by atomic mass is 10.0. The molecule has 0 saturated heterocycles. The lowest BCUT2D eigenvalue weighted by Crippen LogP contribution is -2.19. The summed E-state index contributed by atoms with van der Waals surface area (Å²) in [6.45, 7) is 6.88. The van der Waals surface area contributed by atoms with Crippen LogP contribution in [-0.4, -0.2) is 20.8 Å². The second-order valence-electron chi connectivity index (χ2n) is 6.03. The van der Waals surface area contributed by atoms with Gasteiger partial charge >= 0.3 is 0 Å². The molecule has 0 aliphatic rings. The molecule has 0 unspecified atom stereocenters. The van der Waals surface area contributed by atoms with E-state index in [2.05, 4.69) is 17.9 Å².